The quantitative estimate of drug-likeness (QED) is 0.470. The van der Waals surface area contributed by atoms with Gasteiger partial charge in [0.05, 0.1) is 17.8 Å². The van der Waals surface area contributed by atoms with Crippen LogP contribution in [0, 0.1) is 0 Å². The van der Waals surface area contributed by atoms with Crippen molar-refractivity contribution in [2.45, 2.75) is 38.6 Å². The molecule has 11 nitrogen and oxygen atoms in total. The van der Waals surface area contributed by atoms with Crippen LogP contribution in [0.15, 0.2) is 37.2 Å². The van der Waals surface area contributed by atoms with E-state index in [4.69, 9.17) is 5.73 Å². The van der Waals surface area contributed by atoms with Crippen molar-refractivity contribution >= 4 is 40.3 Å². The number of benzene rings is 1. The van der Waals surface area contributed by atoms with Gasteiger partial charge in [-0.15, -0.1) is 0 Å². The van der Waals surface area contributed by atoms with Gasteiger partial charge in [0, 0.05) is 32.9 Å². The van der Waals surface area contributed by atoms with Gasteiger partial charge in [0.15, 0.2) is 11.3 Å². The molecule has 3 aromatic rings. The number of fused-ring (bicyclic) bond motifs is 1. The minimum absolute atomic E-state index is 0.00221. The summed E-state index contributed by atoms with van der Waals surface area (Å²) >= 11 is 0. The lowest BCUT2D eigenvalue weighted by atomic mass is 10.0. The molecule has 3 amide bonds. The molecule has 37 heavy (non-hydrogen) atoms. The van der Waals surface area contributed by atoms with E-state index in [1.165, 1.54) is 12.4 Å². The van der Waals surface area contributed by atoms with Crippen LogP contribution >= 0.6 is 0 Å². The standard InChI is InChI=1S/C26H32N8O3/c1-5-17-12-16(13-21(36)32(3)4)9-10-19(17)30-26(37)23-22-24(27)28-15-29-25(22)34(31-23)18-8-7-11-33(14-18)20(35)6-2/h6,9-10,12,15,18H,2,5,7-8,11,13-14H2,1,3-4H3,(H,30,37)(H2,27,28,29)/t18-/m1/s1. The summed E-state index contributed by atoms with van der Waals surface area (Å²) in [4.78, 5) is 49.5. The van der Waals surface area contributed by atoms with Gasteiger partial charge in [0.2, 0.25) is 11.8 Å². The third-order valence-electron chi connectivity index (χ3n) is 6.61. The van der Waals surface area contributed by atoms with Gasteiger partial charge in [0.1, 0.15) is 12.1 Å². The third kappa shape index (κ3) is 5.30. The Labute approximate surface area is 215 Å². The number of piperidine rings is 1. The first-order valence-electron chi connectivity index (χ1n) is 12.3. The summed E-state index contributed by atoms with van der Waals surface area (Å²) in [5.74, 6) is -0.421. The SMILES string of the molecule is C=CC(=O)N1CCC[C@@H](n2nc(C(=O)Nc3ccc(CC(=O)N(C)C)cc3CC)c3c(N)ncnc32)C1. The molecule has 0 saturated carbocycles. The average molecular weight is 505 g/mol. The van der Waals surface area contributed by atoms with E-state index < -0.39 is 5.91 Å². The minimum atomic E-state index is -0.438. The minimum Gasteiger partial charge on any atom is -0.383 e. The molecule has 4 rings (SSSR count). The van der Waals surface area contributed by atoms with Gasteiger partial charge in [0.25, 0.3) is 5.91 Å². The number of hydrogen-bond acceptors (Lipinski definition) is 7. The maximum absolute atomic E-state index is 13.5. The van der Waals surface area contributed by atoms with E-state index >= 15 is 0 Å². The smallest absolute Gasteiger partial charge is 0.277 e. The van der Waals surface area contributed by atoms with Gasteiger partial charge >= 0.3 is 0 Å². The zero-order valence-corrected chi connectivity index (χ0v) is 21.4. The number of rotatable bonds is 7. The van der Waals surface area contributed by atoms with E-state index in [1.54, 1.807) is 34.6 Å². The Kier molecular flexibility index (Phi) is 7.51. The third-order valence-corrected chi connectivity index (χ3v) is 6.61. The summed E-state index contributed by atoms with van der Waals surface area (Å²) in [6.07, 6.45) is 5.15. The van der Waals surface area contributed by atoms with Crippen molar-refractivity contribution < 1.29 is 14.4 Å². The first-order chi connectivity index (χ1) is 17.7. The predicted molar refractivity (Wildman–Crippen MR) is 141 cm³/mol. The van der Waals surface area contributed by atoms with Crippen molar-refractivity contribution in [1.82, 2.24) is 29.5 Å². The molecule has 1 atom stereocenters. The number of aryl methyl sites for hydroxylation is 1. The maximum Gasteiger partial charge on any atom is 0.277 e. The number of aromatic nitrogens is 4. The van der Waals surface area contributed by atoms with Crippen molar-refractivity contribution in [1.29, 1.82) is 0 Å². The number of nitrogens with zero attached hydrogens (tertiary/aromatic N) is 6. The number of carbonyl (C=O) groups is 3. The summed E-state index contributed by atoms with van der Waals surface area (Å²) in [5, 5.41) is 7.96. The summed E-state index contributed by atoms with van der Waals surface area (Å²) in [5.41, 5.74) is 9.15. The number of nitrogens with one attached hydrogen (secondary N) is 1. The van der Waals surface area contributed by atoms with Crippen molar-refractivity contribution in [2.75, 3.05) is 38.2 Å². The zero-order valence-electron chi connectivity index (χ0n) is 21.4. The molecule has 1 aliphatic rings. The molecule has 0 spiro atoms. The monoisotopic (exact) mass is 504 g/mol. The Morgan fingerprint density at radius 2 is 2.05 bits per heavy atom. The Bertz CT molecular complexity index is 1360. The molecule has 1 aromatic carbocycles. The second kappa shape index (κ2) is 10.8. The van der Waals surface area contributed by atoms with Crippen LogP contribution in [0.2, 0.25) is 0 Å². The van der Waals surface area contributed by atoms with E-state index in [0.717, 1.165) is 24.0 Å². The van der Waals surface area contributed by atoms with Gasteiger partial charge in [-0.1, -0.05) is 25.6 Å². The van der Waals surface area contributed by atoms with Gasteiger partial charge < -0.3 is 20.9 Å². The highest BCUT2D eigenvalue weighted by molar-refractivity contribution is 6.13. The van der Waals surface area contributed by atoms with Crippen LogP contribution in [0.1, 0.15) is 47.4 Å². The first kappa shape index (κ1) is 25.8. The van der Waals surface area contributed by atoms with E-state index in [-0.39, 0.29) is 35.8 Å². The highest BCUT2D eigenvalue weighted by Crippen LogP contribution is 2.29. The molecule has 1 saturated heterocycles. The van der Waals surface area contributed by atoms with Crippen LogP contribution in [0.25, 0.3) is 11.0 Å². The molecule has 3 N–H and O–H groups in total. The molecular formula is C26H32N8O3. The van der Waals surface area contributed by atoms with Crippen LogP contribution in [0.4, 0.5) is 11.5 Å². The molecule has 3 heterocycles. The number of likely N-dealkylation sites (tertiary alicyclic amines) is 1. The number of anilines is 2. The van der Waals surface area contributed by atoms with Crippen LogP contribution in [-0.2, 0) is 22.4 Å². The van der Waals surface area contributed by atoms with Gasteiger partial charge in [-0.25, -0.2) is 14.6 Å². The molecule has 11 heteroatoms. The fraction of sp³-hybridized carbons (Fsp3) is 0.385. The van der Waals surface area contributed by atoms with Crippen LogP contribution < -0.4 is 11.1 Å². The van der Waals surface area contributed by atoms with E-state index in [0.29, 0.717) is 36.2 Å². The Hall–Kier alpha value is -4.28. The molecular weight excluding hydrogens is 472 g/mol. The summed E-state index contributed by atoms with van der Waals surface area (Å²) < 4.78 is 1.68. The van der Waals surface area contributed by atoms with Crippen molar-refractivity contribution in [3.8, 4) is 0 Å². The molecule has 0 aliphatic carbocycles. The van der Waals surface area contributed by atoms with Gasteiger partial charge in [-0.05, 0) is 42.5 Å². The molecule has 194 valence electrons. The van der Waals surface area contributed by atoms with Crippen LogP contribution in [0.5, 0.6) is 0 Å². The zero-order chi connectivity index (χ0) is 26.7. The number of nitrogen functional groups attached to an aromatic ring is 1. The fourth-order valence-electron chi connectivity index (χ4n) is 4.58. The average Bonchev–Trinajstić information content (AvgIpc) is 3.30. The van der Waals surface area contributed by atoms with Gasteiger partial charge in [-0.2, -0.15) is 5.10 Å². The Morgan fingerprint density at radius 1 is 1.27 bits per heavy atom. The van der Waals surface area contributed by atoms with E-state index in [2.05, 4.69) is 27.0 Å². The van der Waals surface area contributed by atoms with Crippen LogP contribution in [0.3, 0.4) is 0 Å². The number of amides is 3. The van der Waals surface area contributed by atoms with Crippen LogP contribution in [-0.4, -0.2) is 74.5 Å². The summed E-state index contributed by atoms with van der Waals surface area (Å²) in [6.45, 7) is 6.63. The lowest BCUT2D eigenvalue weighted by molar-refractivity contribution is -0.128. The number of likely N-dealkylation sites (N-methyl/N-ethyl adjacent to an activating group) is 1. The largest absolute Gasteiger partial charge is 0.383 e. The van der Waals surface area contributed by atoms with Gasteiger partial charge in [-0.3, -0.25) is 14.4 Å². The van der Waals surface area contributed by atoms with E-state index in [1.807, 2.05) is 19.1 Å². The molecule has 0 radical (unpaired) electrons. The summed E-state index contributed by atoms with van der Waals surface area (Å²) in [7, 11) is 3.44. The Balaban J connectivity index is 1.65. The highest BCUT2D eigenvalue weighted by Gasteiger charge is 2.29. The van der Waals surface area contributed by atoms with Crippen molar-refractivity contribution in [2.24, 2.45) is 0 Å². The number of nitrogens with two attached hydrogens (primary N) is 1. The molecule has 0 unspecified atom stereocenters. The number of hydrogen-bond donors (Lipinski definition) is 2. The summed E-state index contributed by atoms with van der Waals surface area (Å²) in [6, 6.07) is 5.39. The van der Waals surface area contributed by atoms with Crippen molar-refractivity contribution in [3.63, 3.8) is 0 Å². The lowest BCUT2D eigenvalue weighted by Crippen LogP contribution is -2.40. The first-order valence-corrected chi connectivity index (χ1v) is 12.3. The van der Waals surface area contributed by atoms with Crippen molar-refractivity contribution in [3.05, 3.63) is 54.0 Å². The number of carbonyl (C=O) groups excluding carboxylic acids is 3. The molecule has 0 bridgehead atoms. The molecule has 2 aromatic heterocycles. The topological polar surface area (TPSA) is 139 Å². The second-order valence-corrected chi connectivity index (χ2v) is 9.30. The van der Waals surface area contributed by atoms with E-state index in [9.17, 15) is 14.4 Å². The normalized spacial score (nSPS) is 15.4. The maximum atomic E-state index is 13.5. The lowest BCUT2D eigenvalue weighted by Gasteiger charge is -2.32. The Morgan fingerprint density at radius 3 is 2.76 bits per heavy atom. The predicted octanol–water partition coefficient (Wildman–Crippen LogP) is 2.20. The second-order valence-electron chi connectivity index (χ2n) is 9.30. The highest BCUT2D eigenvalue weighted by atomic mass is 16.2. The molecule has 1 aliphatic heterocycles. The molecule has 1 fully saturated rings. The fourth-order valence-corrected chi connectivity index (χ4v) is 4.58.